The first kappa shape index (κ1) is 11.7. The number of benzene rings is 1. The van der Waals surface area contributed by atoms with Crippen molar-refractivity contribution in [3.63, 3.8) is 0 Å². The molecule has 0 aromatic heterocycles. The summed E-state index contributed by atoms with van der Waals surface area (Å²) < 4.78 is 0. The van der Waals surface area contributed by atoms with Gasteiger partial charge in [0.2, 0.25) is 0 Å². The van der Waals surface area contributed by atoms with Crippen LogP contribution in [0, 0.1) is 0 Å². The third-order valence-electron chi connectivity index (χ3n) is 1.91. The lowest BCUT2D eigenvalue weighted by Crippen LogP contribution is -1.98. The minimum absolute atomic E-state index is 0.348. The van der Waals surface area contributed by atoms with Gasteiger partial charge in [0, 0.05) is 23.3 Å². The Morgan fingerprint density at radius 1 is 0.812 bits per heavy atom. The number of rotatable bonds is 4. The quantitative estimate of drug-likeness (QED) is 0.461. The molecule has 0 amide bonds. The van der Waals surface area contributed by atoms with Crippen molar-refractivity contribution >= 4 is 11.6 Å². The van der Waals surface area contributed by atoms with Crippen molar-refractivity contribution < 1.29 is 19.8 Å². The highest BCUT2D eigenvalue weighted by Gasteiger charge is 2.04. The molecule has 0 fully saturated rings. The van der Waals surface area contributed by atoms with Crippen LogP contribution in [0.1, 0.15) is 20.7 Å². The van der Waals surface area contributed by atoms with Crippen LogP contribution in [0.25, 0.3) is 0 Å². The number of aliphatic hydroxyl groups is 2. The molecule has 0 unspecified atom stereocenters. The van der Waals surface area contributed by atoms with Gasteiger partial charge in [0.25, 0.3) is 0 Å². The molecular formula is C12H10O4. The van der Waals surface area contributed by atoms with Gasteiger partial charge in [-0.05, 0) is 0 Å². The van der Waals surface area contributed by atoms with Crippen LogP contribution < -0.4 is 0 Å². The lowest BCUT2D eigenvalue weighted by atomic mass is 10.1. The van der Waals surface area contributed by atoms with Crippen LogP contribution in [-0.4, -0.2) is 21.8 Å². The zero-order valence-electron chi connectivity index (χ0n) is 8.33. The fourth-order valence-electron chi connectivity index (χ4n) is 1.13. The van der Waals surface area contributed by atoms with Gasteiger partial charge in [-0.25, -0.2) is 0 Å². The van der Waals surface area contributed by atoms with E-state index in [1.807, 2.05) is 0 Å². The SMILES string of the molecule is O=C(/C=C/O)c1ccc(C(=O)/C=C/O)cc1. The van der Waals surface area contributed by atoms with Crippen molar-refractivity contribution in [2.75, 3.05) is 0 Å². The number of allylic oxidation sites excluding steroid dienone is 2. The van der Waals surface area contributed by atoms with Crippen molar-refractivity contribution in [2.45, 2.75) is 0 Å². The van der Waals surface area contributed by atoms with Gasteiger partial charge in [0.15, 0.2) is 11.6 Å². The van der Waals surface area contributed by atoms with Crippen LogP contribution in [0.15, 0.2) is 48.9 Å². The first-order chi connectivity index (χ1) is 7.69. The van der Waals surface area contributed by atoms with Crippen LogP contribution in [0.2, 0.25) is 0 Å². The molecule has 0 aliphatic carbocycles. The second-order valence-corrected chi connectivity index (χ2v) is 2.94. The second kappa shape index (κ2) is 5.50. The van der Waals surface area contributed by atoms with Crippen LogP contribution in [-0.2, 0) is 0 Å². The Morgan fingerprint density at radius 2 is 1.12 bits per heavy atom. The summed E-state index contributed by atoms with van der Waals surface area (Å²) in [5.41, 5.74) is 0.740. The van der Waals surface area contributed by atoms with Gasteiger partial charge >= 0.3 is 0 Å². The second-order valence-electron chi connectivity index (χ2n) is 2.94. The Hall–Kier alpha value is -2.36. The maximum absolute atomic E-state index is 11.3. The number of carbonyl (C=O) groups excluding carboxylic acids is 2. The van der Waals surface area contributed by atoms with Crippen LogP contribution in [0.3, 0.4) is 0 Å². The monoisotopic (exact) mass is 218 g/mol. The molecule has 0 atom stereocenters. The van der Waals surface area contributed by atoms with E-state index in [4.69, 9.17) is 10.2 Å². The molecular weight excluding hydrogens is 208 g/mol. The number of aliphatic hydroxyl groups excluding tert-OH is 2. The third kappa shape index (κ3) is 2.81. The van der Waals surface area contributed by atoms with Gasteiger partial charge in [0.1, 0.15) is 0 Å². The average molecular weight is 218 g/mol. The normalized spacial score (nSPS) is 11.0. The Bertz CT molecular complexity index is 398. The Labute approximate surface area is 92.2 Å². The predicted molar refractivity (Wildman–Crippen MR) is 58.6 cm³/mol. The predicted octanol–water partition coefficient (Wildman–Crippen LogP) is 2.20. The molecule has 0 saturated carbocycles. The molecule has 82 valence electrons. The molecule has 0 spiro atoms. The largest absolute Gasteiger partial charge is 0.515 e. The summed E-state index contributed by atoms with van der Waals surface area (Å²) in [6.07, 6.45) is 3.36. The van der Waals surface area contributed by atoms with E-state index in [1.54, 1.807) is 0 Å². The van der Waals surface area contributed by atoms with Crippen molar-refractivity contribution in [3.05, 3.63) is 60.1 Å². The van der Waals surface area contributed by atoms with Gasteiger partial charge in [-0.3, -0.25) is 9.59 Å². The van der Waals surface area contributed by atoms with Crippen molar-refractivity contribution in [3.8, 4) is 0 Å². The van der Waals surface area contributed by atoms with Crippen LogP contribution in [0.4, 0.5) is 0 Å². The zero-order chi connectivity index (χ0) is 12.0. The molecule has 16 heavy (non-hydrogen) atoms. The molecule has 0 heterocycles. The lowest BCUT2D eigenvalue weighted by molar-refractivity contribution is 0.103. The fraction of sp³-hybridized carbons (Fsp3) is 0. The van der Waals surface area contributed by atoms with Crippen molar-refractivity contribution in [2.24, 2.45) is 0 Å². The highest BCUT2D eigenvalue weighted by molar-refractivity contribution is 6.07. The lowest BCUT2D eigenvalue weighted by Gasteiger charge is -1.97. The molecule has 0 aliphatic rings. The zero-order valence-corrected chi connectivity index (χ0v) is 8.33. The standard InChI is InChI=1S/C12H10O4/c13-7-5-11(15)9-1-2-10(4-3-9)12(16)6-8-14/h1-8,13-14H/b7-5+,8-6+. The molecule has 1 rings (SSSR count). The van der Waals surface area contributed by atoms with E-state index >= 15 is 0 Å². The Morgan fingerprint density at radius 3 is 1.38 bits per heavy atom. The van der Waals surface area contributed by atoms with E-state index < -0.39 is 0 Å². The molecule has 4 nitrogen and oxygen atoms in total. The third-order valence-corrected chi connectivity index (χ3v) is 1.91. The number of carbonyl (C=O) groups is 2. The molecule has 1 aromatic rings. The Kier molecular flexibility index (Phi) is 4.03. The summed E-state index contributed by atoms with van der Waals surface area (Å²) in [6.45, 7) is 0. The highest BCUT2D eigenvalue weighted by Crippen LogP contribution is 2.07. The van der Waals surface area contributed by atoms with E-state index in [1.165, 1.54) is 24.3 Å². The van der Waals surface area contributed by atoms with E-state index in [0.29, 0.717) is 23.7 Å². The maximum atomic E-state index is 11.3. The summed E-state index contributed by atoms with van der Waals surface area (Å²) in [5, 5.41) is 16.8. The van der Waals surface area contributed by atoms with Gasteiger partial charge in [0.05, 0.1) is 12.5 Å². The summed E-state index contributed by atoms with van der Waals surface area (Å²) in [6, 6.07) is 5.89. The average Bonchev–Trinajstić information content (AvgIpc) is 2.30. The van der Waals surface area contributed by atoms with E-state index in [2.05, 4.69) is 0 Å². The van der Waals surface area contributed by atoms with Gasteiger partial charge in [-0.1, -0.05) is 24.3 Å². The molecule has 4 heteroatoms. The van der Waals surface area contributed by atoms with Gasteiger partial charge < -0.3 is 10.2 Å². The minimum atomic E-state index is -0.348. The molecule has 0 bridgehead atoms. The van der Waals surface area contributed by atoms with E-state index in [0.717, 1.165) is 12.2 Å². The highest BCUT2D eigenvalue weighted by atomic mass is 16.2. The van der Waals surface area contributed by atoms with Crippen molar-refractivity contribution in [1.82, 2.24) is 0 Å². The number of hydrogen-bond acceptors (Lipinski definition) is 4. The molecule has 0 aliphatic heterocycles. The smallest absolute Gasteiger partial charge is 0.188 e. The fourth-order valence-corrected chi connectivity index (χ4v) is 1.13. The summed E-state index contributed by atoms with van der Waals surface area (Å²) in [4.78, 5) is 22.5. The van der Waals surface area contributed by atoms with Crippen LogP contribution in [0.5, 0.6) is 0 Å². The first-order valence-corrected chi connectivity index (χ1v) is 4.49. The number of ketones is 2. The Balaban J connectivity index is 2.91. The molecule has 0 radical (unpaired) electrons. The first-order valence-electron chi connectivity index (χ1n) is 4.49. The molecule has 2 N–H and O–H groups in total. The van der Waals surface area contributed by atoms with E-state index in [-0.39, 0.29) is 11.6 Å². The molecule has 0 saturated heterocycles. The van der Waals surface area contributed by atoms with E-state index in [9.17, 15) is 9.59 Å². The van der Waals surface area contributed by atoms with Gasteiger partial charge in [-0.15, -0.1) is 0 Å². The minimum Gasteiger partial charge on any atom is -0.515 e. The van der Waals surface area contributed by atoms with Crippen molar-refractivity contribution in [1.29, 1.82) is 0 Å². The maximum Gasteiger partial charge on any atom is 0.188 e. The summed E-state index contributed by atoms with van der Waals surface area (Å²) >= 11 is 0. The summed E-state index contributed by atoms with van der Waals surface area (Å²) in [5.74, 6) is -0.696. The summed E-state index contributed by atoms with van der Waals surface area (Å²) in [7, 11) is 0. The number of hydrogen-bond donors (Lipinski definition) is 2. The topological polar surface area (TPSA) is 74.6 Å². The van der Waals surface area contributed by atoms with Crippen LogP contribution >= 0.6 is 0 Å². The molecule has 1 aromatic carbocycles. The van der Waals surface area contributed by atoms with Gasteiger partial charge in [-0.2, -0.15) is 0 Å².